The van der Waals surface area contributed by atoms with Crippen molar-refractivity contribution in [3.8, 4) is 0 Å². The number of aryl methyl sites for hydroxylation is 2. The Kier molecular flexibility index (Phi) is 3.91. The summed E-state index contributed by atoms with van der Waals surface area (Å²) in [5.41, 5.74) is 3.99. The van der Waals surface area contributed by atoms with Crippen molar-refractivity contribution in [2.24, 2.45) is 7.05 Å². The van der Waals surface area contributed by atoms with Gasteiger partial charge in [0.05, 0.1) is 31.2 Å². The number of fused-ring (bicyclic) bond motifs is 1. The lowest BCUT2D eigenvalue weighted by Crippen LogP contribution is -2.30. The van der Waals surface area contributed by atoms with Crippen LogP contribution in [0.15, 0.2) is 33.5 Å². The van der Waals surface area contributed by atoms with E-state index < -0.39 is 0 Å². The zero-order chi connectivity index (χ0) is 17.4. The summed E-state index contributed by atoms with van der Waals surface area (Å²) >= 11 is 0. The Morgan fingerprint density at radius 1 is 1.36 bits per heavy atom. The SMILES string of the molecule is Cc1oncc1C(=O)N(Cc1ccco1)Cc1nn(C)c2c1CCC2. The molecule has 0 saturated carbocycles. The normalized spacial score (nSPS) is 13.2. The van der Waals surface area contributed by atoms with Crippen molar-refractivity contribution in [1.82, 2.24) is 19.8 Å². The first-order valence-corrected chi connectivity index (χ1v) is 8.40. The first-order chi connectivity index (χ1) is 12.1. The van der Waals surface area contributed by atoms with Gasteiger partial charge in [-0.05, 0) is 43.9 Å². The van der Waals surface area contributed by atoms with Gasteiger partial charge in [-0.3, -0.25) is 9.48 Å². The lowest BCUT2D eigenvalue weighted by Gasteiger charge is -2.20. The van der Waals surface area contributed by atoms with E-state index in [0.29, 0.717) is 24.4 Å². The van der Waals surface area contributed by atoms with Crippen LogP contribution in [0.2, 0.25) is 0 Å². The minimum Gasteiger partial charge on any atom is -0.467 e. The standard InChI is InChI=1S/C18H20N4O3/c1-12-15(9-19-25-12)18(23)22(10-13-5-4-8-24-13)11-16-14-6-3-7-17(14)21(2)20-16/h4-5,8-9H,3,6-7,10-11H2,1-2H3. The van der Waals surface area contributed by atoms with Gasteiger partial charge < -0.3 is 13.8 Å². The monoisotopic (exact) mass is 340 g/mol. The van der Waals surface area contributed by atoms with Gasteiger partial charge in [0.15, 0.2) is 0 Å². The summed E-state index contributed by atoms with van der Waals surface area (Å²) in [6, 6.07) is 3.69. The number of rotatable bonds is 5. The highest BCUT2D eigenvalue weighted by Crippen LogP contribution is 2.26. The second-order valence-electron chi connectivity index (χ2n) is 6.39. The van der Waals surface area contributed by atoms with Gasteiger partial charge in [0.1, 0.15) is 17.1 Å². The molecule has 130 valence electrons. The summed E-state index contributed by atoms with van der Waals surface area (Å²) in [5.74, 6) is 1.11. The molecule has 4 rings (SSSR count). The van der Waals surface area contributed by atoms with E-state index in [1.54, 1.807) is 18.1 Å². The Morgan fingerprint density at radius 3 is 2.96 bits per heavy atom. The van der Waals surface area contributed by atoms with Gasteiger partial charge in [0.25, 0.3) is 5.91 Å². The summed E-state index contributed by atoms with van der Waals surface area (Å²) < 4.78 is 12.4. The van der Waals surface area contributed by atoms with E-state index in [9.17, 15) is 4.79 Å². The zero-order valence-electron chi connectivity index (χ0n) is 14.4. The zero-order valence-corrected chi connectivity index (χ0v) is 14.4. The maximum Gasteiger partial charge on any atom is 0.259 e. The van der Waals surface area contributed by atoms with Crippen molar-refractivity contribution in [3.63, 3.8) is 0 Å². The molecule has 3 heterocycles. The minimum atomic E-state index is -0.132. The second-order valence-corrected chi connectivity index (χ2v) is 6.39. The Labute approximate surface area is 145 Å². The van der Waals surface area contributed by atoms with Crippen LogP contribution in [0, 0.1) is 6.92 Å². The molecule has 0 saturated heterocycles. The number of hydrogen-bond acceptors (Lipinski definition) is 5. The third kappa shape index (κ3) is 2.86. The molecule has 0 N–H and O–H groups in total. The molecule has 25 heavy (non-hydrogen) atoms. The van der Waals surface area contributed by atoms with Crippen LogP contribution in [0.3, 0.4) is 0 Å². The van der Waals surface area contributed by atoms with Crippen molar-refractivity contribution in [1.29, 1.82) is 0 Å². The van der Waals surface area contributed by atoms with Crippen LogP contribution in [-0.4, -0.2) is 25.7 Å². The Balaban J connectivity index is 1.65. The molecule has 3 aromatic heterocycles. The highest BCUT2D eigenvalue weighted by Gasteiger charge is 2.26. The molecule has 0 atom stereocenters. The number of furan rings is 1. The average Bonchev–Trinajstić information content (AvgIpc) is 3.35. The Bertz CT molecular complexity index is 892. The quantitative estimate of drug-likeness (QED) is 0.713. The van der Waals surface area contributed by atoms with E-state index in [0.717, 1.165) is 30.7 Å². The summed E-state index contributed by atoms with van der Waals surface area (Å²) in [4.78, 5) is 14.7. The van der Waals surface area contributed by atoms with Crippen molar-refractivity contribution in [2.75, 3.05) is 0 Å². The van der Waals surface area contributed by atoms with Crippen LogP contribution in [0.25, 0.3) is 0 Å². The van der Waals surface area contributed by atoms with Gasteiger partial charge in [-0.2, -0.15) is 5.10 Å². The van der Waals surface area contributed by atoms with E-state index in [1.807, 2.05) is 23.9 Å². The van der Waals surface area contributed by atoms with Crippen molar-refractivity contribution < 1.29 is 13.7 Å². The molecule has 1 aliphatic rings. The molecule has 3 aromatic rings. The average molecular weight is 340 g/mol. The largest absolute Gasteiger partial charge is 0.467 e. The van der Waals surface area contributed by atoms with Crippen LogP contribution >= 0.6 is 0 Å². The molecule has 0 radical (unpaired) electrons. The maximum atomic E-state index is 13.0. The molecule has 1 aliphatic carbocycles. The fraction of sp³-hybridized carbons (Fsp3) is 0.389. The fourth-order valence-electron chi connectivity index (χ4n) is 3.47. The third-order valence-corrected chi connectivity index (χ3v) is 4.73. The molecular formula is C18H20N4O3. The van der Waals surface area contributed by atoms with E-state index in [4.69, 9.17) is 8.94 Å². The number of carbonyl (C=O) groups is 1. The van der Waals surface area contributed by atoms with Crippen LogP contribution in [0.4, 0.5) is 0 Å². The van der Waals surface area contributed by atoms with Gasteiger partial charge in [-0.15, -0.1) is 0 Å². The molecule has 0 fully saturated rings. The maximum absolute atomic E-state index is 13.0. The predicted molar refractivity (Wildman–Crippen MR) is 88.8 cm³/mol. The molecule has 0 aromatic carbocycles. The number of aromatic nitrogens is 3. The molecule has 1 amide bonds. The van der Waals surface area contributed by atoms with Crippen LogP contribution in [0.5, 0.6) is 0 Å². The topological polar surface area (TPSA) is 77.3 Å². The smallest absolute Gasteiger partial charge is 0.259 e. The van der Waals surface area contributed by atoms with Crippen LogP contribution < -0.4 is 0 Å². The third-order valence-electron chi connectivity index (χ3n) is 4.73. The Morgan fingerprint density at radius 2 is 2.24 bits per heavy atom. The van der Waals surface area contributed by atoms with Crippen LogP contribution in [-0.2, 0) is 33.0 Å². The van der Waals surface area contributed by atoms with E-state index in [1.165, 1.54) is 17.5 Å². The second kappa shape index (κ2) is 6.23. The van der Waals surface area contributed by atoms with Crippen molar-refractivity contribution >= 4 is 5.91 Å². The predicted octanol–water partition coefficient (Wildman–Crippen LogP) is 2.64. The van der Waals surface area contributed by atoms with E-state index >= 15 is 0 Å². The molecule has 0 spiro atoms. The summed E-state index contributed by atoms with van der Waals surface area (Å²) in [6.07, 6.45) is 6.30. The molecule has 0 bridgehead atoms. The first kappa shape index (κ1) is 15.7. The number of nitrogens with zero attached hydrogens (tertiary/aromatic N) is 4. The van der Waals surface area contributed by atoms with Gasteiger partial charge in [-0.1, -0.05) is 5.16 Å². The molecule has 7 heteroatoms. The highest BCUT2D eigenvalue weighted by atomic mass is 16.5. The molecule has 0 aliphatic heterocycles. The lowest BCUT2D eigenvalue weighted by atomic mass is 10.1. The molecule has 0 unspecified atom stereocenters. The number of amides is 1. The fourth-order valence-corrected chi connectivity index (χ4v) is 3.47. The summed E-state index contributed by atoms with van der Waals surface area (Å²) in [7, 11) is 1.97. The highest BCUT2D eigenvalue weighted by molar-refractivity contribution is 5.94. The van der Waals surface area contributed by atoms with Gasteiger partial charge in [0.2, 0.25) is 0 Å². The number of carbonyl (C=O) groups excluding carboxylic acids is 1. The van der Waals surface area contributed by atoms with Crippen molar-refractivity contribution in [3.05, 3.63) is 58.6 Å². The summed E-state index contributed by atoms with van der Waals surface area (Å²) in [6.45, 7) is 2.55. The first-order valence-electron chi connectivity index (χ1n) is 8.40. The summed E-state index contributed by atoms with van der Waals surface area (Å²) in [5, 5.41) is 8.37. The van der Waals surface area contributed by atoms with Crippen molar-refractivity contribution in [2.45, 2.75) is 39.3 Å². The van der Waals surface area contributed by atoms with E-state index in [-0.39, 0.29) is 5.91 Å². The molecule has 7 nitrogen and oxygen atoms in total. The van der Waals surface area contributed by atoms with Gasteiger partial charge >= 0.3 is 0 Å². The van der Waals surface area contributed by atoms with Crippen LogP contribution in [0.1, 0.15) is 45.3 Å². The van der Waals surface area contributed by atoms with Gasteiger partial charge in [-0.25, -0.2) is 0 Å². The Hall–Kier alpha value is -2.83. The lowest BCUT2D eigenvalue weighted by molar-refractivity contribution is 0.0713. The van der Waals surface area contributed by atoms with E-state index in [2.05, 4.69) is 10.3 Å². The molecular weight excluding hydrogens is 320 g/mol. The van der Waals surface area contributed by atoms with Gasteiger partial charge in [0, 0.05) is 12.7 Å². The number of hydrogen-bond donors (Lipinski definition) is 0. The minimum absolute atomic E-state index is 0.132.